The first-order valence-electron chi connectivity index (χ1n) is 12.9. The molecule has 0 radical (unpaired) electrons. The first-order valence-corrected chi connectivity index (χ1v) is 12.9. The van der Waals surface area contributed by atoms with Crippen LogP contribution in [0, 0.1) is 5.92 Å². The summed E-state index contributed by atoms with van der Waals surface area (Å²) in [6.07, 6.45) is 4.91. The Balaban J connectivity index is 1.66. The SMILES string of the molecule is CC(C)C[C@H](NC(=O)[C@H](Cc1ccccc1)NC(=O)c1cnccn1)[B-]12OC(=O)CC[N+]1(C)[C@H](C)C(=O)O2. The van der Waals surface area contributed by atoms with Crippen molar-refractivity contribution in [2.24, 2.45) is 5.92 Å². The third-order valence-electron chi connectivity index (χ3n) is 7.69. The molecule has 12 heteroatoms. The van der Waals surface area contributed by atoms with Crippen molar-refractivity contribution in [3.8, 4) is 0 Å². The molecule has 0 saturated carbocycles. The summed E-state index contributed by atoms with van der Waals surface area (Å²) in [6, 6.07) is 7.74. The van der Waals surface area contributed by atoms with E-state index in [-0.39, 0.29) is 28.8 Å². The summed E-state index contributed by atoms with van der Waals surface area (Å²) in [7, 11) is 1.83. The van der Waals surface area contributed by atoms with Gasteiger partial charge in [-0.05, 0) is 24.8 Å². The molecule has 11 nitrogen and oxygen atoms in total. The quantitative estimate of drug-likeness (QED) is 0.468. The summed E-state index contributed by atoms with van der Waals surface area (Å²) in [5, 5.41) is 5.78. The lowest BCUT2D eigenvalue weighted by Crippen LogP contribution is -2.79. The minimum absolute atomic E-state index is 0.0670. The Morgan fingerprint density at radius 1 is 1.13 bits per heavy atom. The molecule has 2 N–H and O–H groups in total. The first kappa shape index (κ1) is 27.2. The highest BCUT2D eigenvalue weighted by Gasteiger charge is 2.69. The molecule has 1 aromatic heterocycles. The third-order valence-corrected chi connectivity index (χ3v) is 7.69. The molecular formula is C26H34BN5O6. The number of quaternary nitrogens is 1. The summed E-state index contributed by atoms with van der Waals surface area (Å²) < 4.78 is 11.8. The van der Waals surface area contributed by atoms with Gasteiger partial charge in [0.15, 0.2) is 0 Å². The molecule has 202 valence electrons. The number of likely N-dealkylation sites (N-methyl/N-ethyl adjacent to an activating group) is 1. The summed E-state index contributed by atoms with van der Waals surface area (Å²) in [5.74, 6) is -2.70. The molecule has 2 unspecified atom stereocenters. The van der Waals surface area contributed by atoms with Crippen molar-refractivity contribution in [1.82, 2.24) is 20.6 Å². The Labute approximate surface area is 221 Å². The Morgan fingerprint density at radius 2 is 1.87 bits per heavy atom. The van der Waals surface area contributed by atoms with Crippen molar-refractivity contribution in [3.63, 3.8) is 0 Å². The minimum atomic E-state index is -2.60. The monoisotopic (exact) mass is 523 g/mol. The van der Waals surface area contributed by atoms with Gasteiger partial charge in [-0.15, -0.1) is 0 Å². The summed E-state index contributed by atoms with van der Waals surface area (Å²) >= 11 is 0. The van der Waals surface area contributed by atoms with Gasteiger partial charge < -0.3 is 24.3 Å². The van der Waals surface area contributed by atoms with Crippen molar-refractivity contribution in [2.75, 3.05) is 13.6 Å². The van der Waals surface area contributed by atoms with Gasteiger partial charge >= 0.3 is 12.7 Å². The molecule has 38 heavy (non-hydrogen) atoms. The molecule has 0 spiro atoms. The topological polar surface area (TPSA) is 137 Å². The zero-order valence-electron chi connectivity index (χ0n) is 22.1. The number of hydrogen-bond donors (Lipinski definition) is 2. The van der Waals surface area contributed by atoms with Crippen LogP contribution >= 0.6 is 0 Å². The Morgan fingerprint density at radius 3 is 2.53 bits per heavy atom. The first-order chi connectivity index (χ1) is 18.1. The molecule has 2 fully saturated rings. The molecule has 2 saturated heterocycles. The second-order valence-corrected chi connectivity index (χ2v) is 10.7. The van der Waals surface area contributed by atoms with Crippen LogP contribution < -0.4 is 10.6 Å². The summed E-state index contributed by atoms with van der Waals surface area (Å²) in [4.78, 5) is 60.1. The van der Waals surface area contributed by atoms with Gasteiger partial charge in [0, 0.05) is 25.9 Å². The van der Waals surface area contributed by atoms with E-state index in [0.717, 1.165) is 5.56 Å². The lowest BCUT2D eigenvalue weighted by molar-refractivity contribution is -0.837. The molecule has 4 rings (SSSR count). The van der Waals surface area contributed by atoms with Crippen molar-refractivity contribution < 1.29 is 32.9 Å². The van der Waals surface area contributed by atoms with Gasteiger partial charge in [0.05, 0.1) is 25.1 Å². The van der Waals surface area contributed by atoms with Crippen LogP contribution in [0.15, 0.2) is 48.9 Å². The fraction of sp³-hybridized carbons (Fsp3) is 0.462. The molecule has 0 aliphatic carbocycles. The maximum Gasteiger partial charge on any atom is 0.605 e. The highest BCUT2D eigenvalue weighted by atomic mass is 16.7. The zero-order valence-corrected chi connectivity index (χ0v) is 22.1. The van der Waals surface area contributed by atoms with Crippen molar-refractivity contribution in [2.45, 2.75) is 58.1 Å². The fourth-order valence-corrected chi connectivity index (χ4v) is 5.45. The maximum absolute atomic E-state index is 13.8. The number of amides is 2. The van der Waals surface area contributed by atoms with Crippen LogP contribution in [0.3, 0.4) is 0 Å². The van der Waals surface area contributed by atoms with Crippen molar-refractivity contribution >= 4 is 30.4 Å². The standard InChI is InChI=1S/C26H34BN5O6/c1-17(2)14-22(27-32(4,13-10-23(33)37-27)18(3)26(36)38-27)31-24(34)20(15-19-8-6-5-7-9-19)30-25(35)21-16-28-11-12-29-21/h5-9,11-12,16-18,20,22H,10,13-15H2,1-4H3,(H,30,35)(H,31,34)/t18-,20+,22+,27?,32?/m1/s1. The number of rotatable bonds is 9. The Kier molecular flexibility index (Phi) is 7.82. The van der Waals surface area contributed by atoms with E-state index in [9.17, 15) is 19.2 Å². The number of nitrogens with zero attached hydrogens (tertiary/aromatic N) is 3. The second-order valence-electron chi connectivity index (χ2n) is 10.7. The number of aromatic nitrogens is 2. The van der Waals surface area contributed by atoms with Crippen LogP contribution in [0.2, 0.25) is 0 Å². The van der Waals surface area contributed by atoms with Crippen LogP contribution in [0.5, 0.6) is 0 Å². The molecule has 5 atom stereocenters. The predicted molar refractivity (Wildman–Crippen MR) is 138 cm³/mol. The van der Waals surface area contributed by atoms with Gasteiger partial charge in [0.2, 0.25) is 5.91 Å². The molecule has 2 aliphatic heterocycles. The number of carbonyl (C=O) groups is 4. The van der Waals surface area contributed by atoms with Gasteiger partial charge in [-0.2, -0.15) is 0 Å². The normalized spacial score (nSPS) is 26.1. The largest absolute Gasteiger partial charge is 0.605 e. The Bertz CT molecular complexity index is 1200. The number of fused-ring (bicyclic) bond motifs is 1. The van der Waals surface area contributed by atoms with E-state index in [2.05, 4.69) is 20.6 Å². The van der Waals surface area contributed by atoms with E-state index >= 15 is 0 Å². The van der Waals surface area contributed by atoms with Crippen LogP contribution in [0.4, 0.5) is 0 Å². The van der Waals surface area contributed by atoms with Crippen LogP contribution in [-0.2, 0) is 30.1 Å². The highest BCUT2D eigenvalue weighted by Crippen LogP contribution is 2.40. The average molecular weight is 523 g/mol. The maximum atomic E-state index is 13.8. The number of nitrogens with one attached hydrogen (secondary N) is 2. The number of benzene rings is 1. The minimum Gasteiger partial charge on any atom is -0.603 e. The molecule has 2 amide bonds. The van der Waals surface area contributed by atoms with E-state index in [1.165, 1.54) is 18.6 Å². The molecule has 3 heterocycles. The lowest BCUT2D eigenvalue weighted by Gasteiger charge is -2.56. The Hall–Kier alpha value is -3.80. The highest BCUT2D eigenvalue weighted by molar-refractivity contribution is 6.67. The molecule has 1 aromatic carbocycles. The third kappa shape index (κ3) is 5.26. The molecule has 2 aliphatic rings. The fourth-order valence-electron chi connectivity index (χ4n) is 5.45. The molecular weight excluding hydrogens is 489 g/mol. The van der Waals surface area contributed by atoms with Crippen LogP contribution in [0.1, 0.15) is 49.7 Å². The molecule has 0 bridgehead atoms. The van der Waals surface area contributed by atoms with Gasteiger partial charge in [-0.25, -0.2) is 9.78 Å². The lowest BCUT2D eigenvalue weighted by atomic mass is 9.55. The van der Waals surface area contributed by atoms with Gasteiger partial charge in [-0.3, -0.25) is 19.4 Å². The van der Waals surface area contributed by atoms with E-state index in [1.807, 2.05) is 51.2 Å². The summed E-state index contributed by atoms with van der Waals surface area (Å²) in [5.41, 5.74) is 0.908. The van der Waals surface area contributed by atoms with Crippen molar-refractivity contribution in [1.29, 1.82) is 0 Å². The summed E-state index contributed by atoms with van der Waals surface area (Å²) in [6.45, 7) is 3.44. The van der Waals surface area contributed by atoms with Gasteiger partial charge in [0.1, 0.15) is 17.8 Å². The van der Waals surface area contributed by atoms with E-state index in [1.54, 1.807) is 6.92 Å². The van der Waals surface area contributed by atoms with E-state index in [4.69, 9.17) is 9.31 Å². The zero-order chi connectivity index (χ0) is 27.5. The smallest absolute Gasteiger partial charge is 0.603 e. The van der Waals surface area contributed by atoms with Gasteiger partial charge in [-0.1, -0.05) is 44.2 Å². The van der Waals surface area contributed by atoms with Gasteiger partial charge in [0.25, 0.3) is 11.9 Å². The van der Waals surface area contributed by atoms with E-state index in [0.29, 0.717) is 13.0 Å². The van der Waals surface area contributed by atoms with Crippen LogP contribution in [0.25, 0.3) is 0 Å². The molecule has 2 aromatic rings. The average Bonchev–Trinajstić information content (AvgIpc) is 3.10. The number of hydrogen-bond acceptors (Lipinski definition) is 8. The van der Waals surface area contributed by atoms with E-state index < -0.39 is 48.5 Å². The number of carbonyl (C=O) groups excluding carboxylic acids is 4. The predicted octanol–water partition coefficient (Wildman–Crippen LogP) is 1.17. The second kappa shape index (κ2) is 10.9. The van der Waals surface area contributed by atoms with Crippen molar-refractivity contribution in [3.05, 3.63) is 60.2 Å². The van der Waals surface area contributed by atoms with Crippen LogP contribution in [-0.4, -0.2) is 76.4 Å².